The fraction of sp³-hybridized carbons (Fsp3) is 0.261. The van der Waals surface area contributed by atoms with Gasteiger partial charge in [-0.15, -0.1) is 0 Å². The fourth-order valence-corrected chi connectivity index (χ4v) is 3.45. The van der Waals surface area contributed by atoms with Crippen LogP contribution in [0.1, 0.15) is 17.0 Å². The van der Waals surface area contributed by atoms with Crippen LogP contribution in [0.5, 0.6) is 11.7 Å². The molecule has 3 aromatic rings. The normalized spacial score (nSPS) is 16.2. The van der Waals surface area contributed by atoms with Crippen LogP contribution in [0.15, 0.2) is 71.1 Å². The third-order valence-corrected chi connectivity index (χ3v) is 5.15. The van der Waals surface area contributed by atoms with E-state index in [1.54, 1.807) is 12.1 Å². The maximum absolute atomic E-state index is 12.5. The SMILES string of the molecule is CN(C)C1CCN(c2ccc(NC(=O)c3ccc(Oc4ccccc4)o3)cc2)C1. The van der Waals surface area contributed by atoms with Crippen molar-refractivity contribution in [3.05, 3.63) is 72.5 Å². The minimum absolute atomic E-state index is 0.202. The van der Waals surface area contributed by atoms with Gasteiger partial charge in [0.15, 0.2) is 5.76 Å². The number of nitrogens with one attached hydrogen (secondary N) is 1. The molecule has 1 fully saturated rings. The van der Waals surface area contributed by atoms with E-state index in [-0.39, 0.29) is 17.6 Å². The average Bonchev–Trinajstić information content (AvgIpc) is 3.39. The highest BCUT2D eigenvalue weighted by molar-refractivity contribution is 6.02. The highest BCUT2D eigenvalue weighted by atomic mass is 16.6. The Bertz CT molecular complexity index is 951. The smallest absolute Gasteiger partial charge is 0.291 e. The molecule has 1 aromatic heterocycles. The number of hydrogen-bond acceptors (Lipinski definition) is 5. The largest absolute Gasteiger partial charge is 0.426 e. The van der Waals surface area contributed by atoms with Gasteiger partial charge in [0, 0.05) is 36.6 Å². The number of amides is 1. The number of para-hydroxylation sites is 1. The second-order valence-electron chi connectivity index (χ2n) is 7.39. The summed E-state index contributed by atoms with van der Waals surface area (Å²) in [6.07, 6.45) is 1.16. The van der Waals surface area contributed by atoms with Crippen molar-refractivity contribution < 1.29 is 13.9 Å². The van der Waals surface area contributed by atoms with Gasteiger partial charge in [0.25, 0.3) is 11.9 Å². The fourth-order valence-electron chi connectivity index (χ4n) is 3.45. The molecule has 0 saturated carbocycles. The Kier molecular flexibility index (Phi) is 5.53. The van der Waals surface area contributed by atoms with Crippen LogP contribution in [0.4, 0.5) is 11.4 Å². The lowest BCUT2D eigenvalue weighted by Gasteiger charge is -2.22. The van der Waals surface area contributed by atoms with Gasteiger partial charge in [-0.2, -0.15) is 0 Å². The second-order valence-corrected chi connectivity index (χ2v) is 7.39. The zero-order valence-electron chi connectivity index (χ0n) is 16.7. The molecule has 2 aromatic carbocycles. The van der Waals surface area contributed by atoms with E-state index in [2.05, 4.69) is 29.2 Å². The van der Waals surface area contributed by atoms with Gasteiger partial charge in [-0.05, 0) is 63.0 Å². The average molecular weight is 391 g/mol. The summed E-state index contributed by atoms with van der Waals surface area (Å²) < 4.78 is 11.1. The Balaban J connectivity index is 1.35. The molecule has 2 heterocycles. The number of furan rings is 1. The van der Waals surface area contributed by atoms with Crippen LogP contribution in [0.25, 0.3) is 0 Å². The van der Waals surface area contributed by atoms with Gasteiger partial charge in [0.2, 0.25) is 0 Å². The van der Waals surface area contributed by atoms with Gasteiger partial charge in [0.05, 0.1) is 0 Å². The summed E-state index contributed by atoms with van der Waals surface area (Å²) in [5, 5.41) is 2.87. The van der Waals surface area contributed by atoms with Crippen LogP contribution < -0.4 is 15.0 Å². The molecule has 29 heavy (non-hydrogen) atoms. The van der Waals surface area contributed by atoms with Crippen molar-refractivity contribution in [3.63, 3.8) is 0 Å². The van der Waals surface area contributed by atoms with Crippen molar-refractivity contribution in [2.45, 2.75) is 12.5 Å². The Morgan fingerprint density at radius 1 is 1.07 bits per heavy atom. The number of benzene rings is 2. The molecule has 1 aliphatic rings. The number of hydrogen-bond donors (Lipinski definition) is 1. The molecule has 0 spiro atoms. The molecule has 1 N–H and O–H groups in total. The molecule has 6 nitrogen and oxygen atoms in total. The third kappa shape index (κ3) is 4.60. The van der Waals surface area contributed by atoms with E-state index in [0.29, 0.717) is 11.8 Å². The summed E-state index contributed by atoms with van der Waals surface area (Å²) in [7, 11) is 4.25. The summed E-state index contributed by atoms with van der Waals surface area (Å²) in [5.74, 6) is 0.826. The highest BCUT2D eigenvalue weighted by Gasteiger charge is 2.24. The lowest BCUT2D eigenvalue weighted by Crippen LogP contribution is -2.31. The topological polar surface area (TPSA) is 58.0 Å². The molecule has 0 aliphatic carbocycles. The van der Waals surface area contributed by atoms with Crippen LogP contribution in [-0.2, 0) is 0 Å². The maximum atomic E-state index is 12.5. The molecule has 0 bridgehead atoms. The van der Waals surface area contributed by atoms with Crippen molar-refractivity contribution >= 4 is 17.3 Å². The molecule has 0 radical (unpaired) electrons. The maximum Gasteiger partial charge on any atom is 0.291 e. The van der Waals surface area contributed by atoms with Gasteiger partial charge in [0.1, 0.15) is 5.75 Å². The van der Waals surface area contributed by atoms with Crippen molar-refractivity contribution in [1.82, 2.24) is 4.90 Å². The van der Waals surface area contributed by atoms with Gasteiger partial charge in [-0.3, -0.25) is 4.79 Å². The predicted octanol–water partition coefficient (Wildman–Crippen LogP) is 4.46. The van der Waals surface area contributed by atoms with Crippen molar-refractivity contribution in [1.29, 1.82) is 0 Å². The van der Waals surface area contributed by atoms with Crippen LogP contribution >= 0.6 is 0 Å². The summed E-state index contributed by atoms with van der Waals surface area (Å²) in [6, 6.07) is 21.0. The molecule has 1 atom stereocenters. The van der Waals surface area contributed by atoms with E-state index in [9.17, 15) is 4.79 Å². The number of rotatable bonds is 6. The minimum atomic E-state index is -0.311. The summed E-state index contributed by atoms with van der Waals surface area (Å²) in [4.78, 5) is 17.1. The van der Waals surface area contributed by atoms with Gasteiger partial charge >= 0.3 is 0 Å². The van der Waals surface area contributed by atoms with E-state index in [0.717, 1.165) is 25.2 Å². The lowest BCUT2D eigenvalue weighted by molar-refractivity contribution is 0.0992. The zero-order chi connectivity index (χ0) is 20.2. The molecule has 1 saturated heterocycles. The Hall–Kier alpha value is -3.25. The quantitative estimate of drug-likeness (QED) is 0.672. The van der Waals surface area contributed by atoms with Crippen molar-refractivity contribution in [2.24, 2.45) is 0 Å². The van der Waals surface area contributed by atoms with E-state index < -0.39 is 0 Å². The summed E-state index contributed by atoms with van der Waals surface area (Å²) >= 11 is 0. The van der Waals surface area contributed by atoms with E-state index >= 15 is 0 Å². The van der Waals surface area contributed by atoms with Crippen molar-refractivity contribution in [2.75, 3.05) is 37.4 Å². The predicted molar refractivity (Wildman–Crippen MR) is 114 cm³/mol. The minimum Gasteiger partial charge on any atom is -0.426 e. The van der Waals surface area contributed by atoms with E-state index in [4.69, 9.17) is 9.15 Å². The molecule has 1 unspecified atom stereocenters. The number of anilines is 2. The molecule has 1 aliphatic heterocycles. The van der Waals surface area contributed by atoms with Crippen LogP contribution in [0.2, 0.25) is 0 Å². The Labute approximate surface area is 170 Å². The number of nitrogens with zero attached hydrogens (tertiary/aromatic N) is 2. The number of likely N-dealkylation sites (N-methyl/N-ethyl adjacent to an activating group) is 1. The standard InChI is InChI=1S/C23H25N3O3/c1-25(2)19-14-15-26(16-19)18-10-8-17(9-11-18)24-23(27)21-12-13-22(29-21)28-20-6-4-3-5-7-20/h3-13,19H,14-16H2,1-2H3,(H,24,27). The van der Waals surface area contributed by atoms with Gasteiger partial charge in [-0.25, -0.2) is 0 Å². The monoisotopic (exact) mass is 391 g/mol. The molecule has 6 heteroatoms. The first-order valence-electron chi connectivity index (χ1n) is 9.74. The van der Waals surface area contributed by atoms with Crippen LogP contribution in [0, 0.1) is 0 Å². The first-order valence-corrected chi connectivity index (χ1v) is 9.74. The molecule has 150 valence electrons. The number of carbonyl (C=O) groups is 1. The Morgan fingerprint density at radius 2 is 1.83 bits per heavy atom. The number of ether oxygens (including phenoxy) is 1. The van der Waals surface area contributed by atoms with Gasteiger partial charge in [-0.1, -0.05) is 18.2 Å². The van der Waals surface area contributed by atoms with Crippen LogP contribution in [-0.4, -0.2) is 44.0 Å². The summed E-state index contributed by atoms with van der Waals surface area (Å²) in [5.41, 5.74) is 1.90. The molecule has 4 rings (SSSR count). The molecular weight excluding hydrogens is 366 g/mol. The first kappa shape index (κ1) is 19.1. The van der Waals surface area contributed by atoms with E-state index in [1.807, 2.05) is 54.6 Å². The lowest BCUT2D eigenvalue weighted by atomic mass is 10.2. The second kappa shape index (κ2) is 8.41. The van der Waals surface area contributed by atoms with E-state index in [1.165, 1.54) is 5.69 Å². The third-order valence-electron chi connectivity index (χ3n) is 5.15. The molecular formula is C23H25N3O3. The Morgan fingerprint density at radius 3 is 2.52 bits per heavy atom. The number of carbonyl (C=O) groups excluding carboxylic acids is 1. The zero-order valence-corrected chi connectivity index (χ0v) is 16.7. The van der Waals surface area contributed by atoms with Crippen molar-refractivity contribution in [3.8, 4) is 11.7 Å². The highest BCUT2D eigenvalue weighted by Crippen LogP contribution is 2.26. The van der Waals surface area contributed by atoms with Gasteiger partial charge < -0.3 is 24.3 Å². The first-order chi connectivity index (χ1) is 14.1. The van der Waals surface area contributed by atoms with Crippen LogP contribution in [0.3, 0.4) is 0 Å². The summed E-state index contributed by atoms with van der Waals surface area (Å²) in [6.45, 7) is 2.07. The molecule has 1 amide bonds.